The van der Waals surface area contributed by atoms with E-state index < -0.39 is 8.56 Å². The molecule has 4 heteroatoms. The van der Waals surface area contributed by atoms with Crippen LogP contribution in [-0.2, 0) is 8.85 Å². The maximum absolute atomic E-state index is 5.98. The standard InChI is InChI=1S/C13H23NO2Si/c1-4-9-15-17(3,16-10-5-2)13-8-6-7-12(14)11-13/h6-8,11H,4-5,9-10,14H2,1-3H3. The van der Waals surface area contributed by atoms with Crippen LogP contribution in [0.25, 0.3) is 0 Å². The van der Waals surface area contributed by atoms with E-state index in [4.69, 9.17) is 14.6 Å². The lowest BCUT2D eigenvalue weighted by atomic mass is 10.3. The number of benzene rings is 1. The topological polar surface area (TPSA) is 44.5 Å². The highest BCUT2D eigenvalue weighted by Crippen LogP contribution is 2.11. The average molecular weight is 253 g/mol. The van der Waals surface area contributed by atoms with E-state index in [-0.39, 0.29) is 0 Å². The van der Waals surface area contributed by atoms with Crippen molar-refractivity contribution >= 4 is 19.4 Å². The molecule has 0 saturated heterocycles. The van der Waals surface area contributed by atoms with Crippen molar-refractivity contribution in [3.05, 3.63) is 24.3 Å². The van der Waals surface area contributed by atoms with Crippen LogP contribution in [0.15, 0.2) is 24.3 Å². The van der Waals surface area contributed by atoms with Crippen molar-refractivity contribution in [1.29, 1.82) is 0 Å². The van der Waals surface area contributed by atoms with E-state index in [2.05, 4.69) is 20.4 Å². The summed E-state index contributed by atoms with van der Waals surface area (Å²) in [4.78, 5) is 0. The van der Waals surface area contributed by atoms with Gasteiger partial charge in [0.2, 0.25) is 0 Å². The fraction of sp³-hybridized carbons (Fsp3) is 0.538. The van der Waals surface area contributed by atoms with Crippen LogP contribution in [0.4, 0.5) is 5.69 Å². The summed E-state index contributed by atoms with van der Waals surface area (Å²) in [6, 6.07) is 7.87. The lowest BCUT2D eigenvalue weighted by molar-refractivity contribution is 0.185. The minimum absolute atomic E-state index is 0.737. The second kappa shape index (κ2) is 6.79. The highest BCUT2D eigenvalue weighted by Gasteiger charge is 2.34. The molecule has 17 heavy (non-hydrogen) atoms. The number of nitrogens with two attached hydrogens (primary N) is 1. The largest absolute Gasteiger partial charge is 0.399 e. The van der Waals surface area contributed by atoms with Gasteiger partial charge >= 0.3 is 8.56 Å². The molecule has 0 fully saturated rings. The zero-order valence-corrected chi connectivity index (χ0v) is 12.0. The number of hydrogen-bond acceptors (Lipinski definition) is 3. The van der Waals surface area contributed by atoms with Crippen molar-refractivity contribution in [3.8, 4) is 0 Å². The smallest absolute Gasteiger partial charge is 0.369 e. The van der Waals surface area contributed by atoms with Gasteiger partial charge < -0.3 is 14.6 Å². The van der Waals surface area contributed by atoms with Crippen molar-refractivity contribution in [3.63, 3.8) is 0 Å². The van der Waals surface area contributed by atoms with Gasteiger partial charge in [0.25, 0.3) is 0 Å². The molecule has 0 heterocycles. The van der Waals surface area contributed by atoms with Gasteiger partial charge in [-0.25, -0.2) is 0 Å². The molecule has 0 atom stereocenters. The van der Waals surface area contributed by atoms with Crippen LogP contribution < -0.4 is 10.9 Å². The third kappa shape index (κ3) is 4.15. The third-order valence-electron chi connectivity index (χ3n) is 2.57. The molecule has 0 aromatic heterocycles. The van der Waals surface area contributed by atoms with Crippen LogP contribution in [0.5, 0.6) is 0 Å². The lowest BCUT2D eigenvalue weighted by Crippen LogP contribution is -2.51. The Morgan fingerprint density at radius 2 is 1.71 bits per heavy atom. The zero-order chi connectivity index (χ0) is 12.7. The first kappa shape index (κ1) is 14.2. The lowest BCUT2D eigenvalue weighted by Gasteiger charge is -2.27. The molecule has 0 aliphatic heterocycles. The van der Waals surface area contributed by atoms with E-state index in [0.717, 1.165) is 36.9 Å². The predicted molar refractivity (Wildman–Crippen MR) is 74.6 cm³/mol. The molecule has 0 aliphatic carbocycles. The van der Waals surface area contributed by atoms with Crippen LogP contribution in [0, 0.1) is 0 Å². The van der Waals surface area contributed by atoms with E-state index in [1.54, 1.807) is 0 Å². The SMILES string of the molecule is CCCO[Si](C)(OCCC)c1cccc(N)c1. The van der Waals surface area contributed by atoms with Crippen LogP contribution >= 0.6 is 0 Å². The molecule has 1 aromatic carbocycles. The summed E-state index contributed by atoms with van der Waals surface area (Å²) in [5.74, 6) is 0. The molecule has 96 valence electrons. The molecule has 0 amide bonds. The molecule has 2 N–H and O–H groups in total. The zero-order valence-electron chi connectivity index (χ0n) is 11.0. The van der Waals surface area contributed by atoms with Crippen LogP contribution in [-0.4, -0.2) is 21.8 Å². The van der Waals surface area contributed by atoms with Crippen molar-refractivity contribution in [1.82, 2.24) is 0 Å². The maximum atomic E-state index is 5.98. The summed E-state index contributed by atoms with van der Waals surface area (Å²) in [6.45, 7) is 7.78. The number of rotatable bonds is 7. The Hall–Kier alpha value is -0.843. The number of hydrogen-bond donors (Lipinski definition) is 1. The Morgan fingerprint density at radius 1 is 1.12 bits per heavy atom. The normalized spacial score (nSPS) is 11.7. The number of nitrogen functional groups attached to an aromatic ring is 1. The van der Waals surface area contributed by atoms with Gasteiger partial charge in [0.05, 0.1) is 0 Å². The molecule has 1 aromatic rings. The fourth-order valence-corrected chi connectivity index (χ4v) is 4.05. The molecule has 0 spiro atoms. The minimum atomic E-state index is -2.28. The quantitative estimate of drug-likeness (QED) is 0.599. The summed E-state index contributed by atoms with van der Waals surface area (Å²) in [7, 11) is -2.28. The van der Waals surface area contributed by atoms with Gasteiger partial charge in [-0.2, -0.15) is 0 Å². The van der Waals surface area contributed by atoms with Crippen molar-refractivity contribution in [2.24, 2.45) is 0 Å². The van der Waals surface area contributed by atoms with Crippen LogP contribution in [0.2, 0.25) is 6.55 Å². The first-order valence-corrected chi connectivity index (χ1v) is 8.58. The van der Waals surface area contributed by atoms with Crippen molar-refractivity contribution < 1.29 is 8.85 Å². The molecule has 3 nitrogen and oxygen atoms in total. The molecule has 0 bridgehead atoms. The predicted octanol–water partition coefficient (Wildman–Crippen LogP) is 2.40. The highest BCUT2D eigenvalue weighted by atomic mass is 28.4. The monoisotopic (exact) mass is 253 g/mol. The molecule has 0 aliphatic rings. The second-order valence-corrected chi connectivity index (χ2v) is 7.31. The fourth-order valence-electron chi connectivity index (χ4n) is 1.62. The van der Waals surface area contributed by atoms with Crippen molar-refractivity contribution in [2.75, 3.05) is 18.9 Å². The number of anilines is 1. The molecular weight excluding hydrogens is 230 g/mol. The van der Waals surface area contributed by atoms with E-state index in [1.165, 1.54) is 0 Å². The third-order valence-corrected chi connectivity index (χ3v) is 5.44. The van der Waals surface area contributed by atoms with E-state index in [0.29, 0.717) is 0 Å². The average Bonchev–Trinajstić information content (AvgIpc) is 2.34. The Bertz CT molecular complexity index is 336. The Balaban J connectivity index is 2.87. The Labute approximate surface area is 105 Å². The van der Waals surface area contributed by atoms with Gasteiger partial charge in [-0.15, -0.1) is 0 Å². The highest BCUT2D eigenvalue weighted by molar-refractivity contribution is 6.80. The molecule has 0 unspecified atom stereocenters. The van der Waals surface area contributed by atoms with Gasteiger partial charge in [0, 0.05) is 18.9 Å². The summed E-state index contributed by atoms with van der Waals surface area (Å²) < 4.78 is 12.0. The Morgan fingerprint density at radius 3 is 2.18 bits per heavy atom. The van der Waals surface area contributed by atoms with Crippen molar-refractivity contribution in [2.45, 2.75) is 33.2 Å². The molecule has 0 saturated carbocycles. The van der Waals surface area contributed by atoms with E-state index in [9.17, 15) is 0 Å². The summed E-state index contributed by atoms with van der Waals surface area (Å²) in [5.41, 5.74) is 6.59. The van der Waals surface area contributed by atoms with Gasteiger partial charge in [-0.3, -0.25) is 0 Å². The summed E-state index contributed by atoms with van der Waals surface area (Å²) in [5, 5.41) is 1.11. The maximum Gasteiger partial charge on any atom is 0.369 e. The van der Waals surface area contributed by atoms with Gasteiger partial charge in [0.1, 0.15) is 0 Å². The second-order valence-electron chi connectivity index (χ2n) is 4.27. The van der Waals surface area contributed by atoms with E-state index >= 15 is 0 Å². The Kier molecular flexibility index (Phi) is 5.68. The first-order chi connectivity index (χ1) is 8.12. The minimum Gasteiger partial charge on any atom is -0.399 e. The van der Waals surface area contributed by atoms with Gasteiger partial charge in [0.15, 0.2) is 0 Å². The first-order valence-electron chi connectivity index (χ1n) is 6.26. The molecule has 1 rings (SSSR count). The summed E-state index contributed by atoms with van der Waals surface area (Å²) >= 11 is 0. The van der Waals surface area contributed by atoms with Crippen LogP contribution in [0.3, 0.4) is 0 Å². The molecular formula is C13H23NO2Si. The van der Waals surface area contributed by atoms with Gasteiger partial charge in [-0.1, -0.05) is 26.0 Å². The summed E-state index contributed by atoms with van der Waals surface area (Å²) in [6.07, 6.45) is 2.00. The van der Waals surface area contributed by atoms with E-state index in [1.807, 2.05) is 24.3 Å². The van der Waals surface area contributed by atoms with Crippen LogP contribution in [0.1, 0.15) is 26.7 Å². The molecule has 0 radical (unpaired) electrons. The van der Waals surface area contributed by atoms with Gasteiger partial charge in [-0.05, 0) is 36.7 Å².